The predicted octanol–water partition coefficient (Wildman–Crippen LogP) is 3.28. The summed E-state index contributed by atoms with van der Waals surface area (Å²) in [6.45, 7) is 0.0434. The van der Waals surface area contributed by atoms with Gasteiger partial charge in [-0.1, -0.05) is 24.3 Å². The number of hydrogen-bond donors (Lipinski definition) is 0. The largest absolute Gasteiger partial charge is 0.494 e. The van der Waals surface area contributed by atoms with E-state index in [1.165, 1.54) is 7.11 Å². The van der Waals surface area contributed by atoms with Crippen LogP contribution in [0.2, 0.25) is 0 Å². The van der Waals surface area contributed by atoms with E-state index in [1.807, 2.05) is 6.07 Å². The minimum Gasteiger partial charge on any atom is -0.494 e. The van der Waals surface area contributed by atoms with Gasteiger partial charge in [0.2, 0.25) is 0 Å². The zero-order chi connectivity index (χ0) is 13.7. The maximum Gasteiger partial charge on any atom is 0.171 e. The molecule has 0 radical (unpaired) electrons. The van der Waals surface area contributed by atoms with Gasteiger partial charge < -0.3 is 9.47 Å². The van der Waals surface area contributed by atoms with Crippen molar-refractivity contribution in [1.29, 1.82) is 5.26 Å². The molecule has 19 heavy (non-hydrogen) atoms. The smallest absolute Gasteiger partial charge is 0.171 e. The van der Waals surface area contributed by atoms with Crippen molar-refractivity contribution < 1.29 is 13.9 Å². The first-order valence-corrected chi connectivity index (χ1v) is 5.69. The molecule has 2 aromatic carbocycles. The first kappa shape index (κ1) is 12.9. The van der Waals surface area contributed by atoms with Crippen molar-refractivity contribution in [3.63, 3.8) is 0 Å². The summed E-state index contributed by atoms with van der Waals surface area (Å²) in [5.41, 5.74) is 0.804. The van der Waals surface area contributed by atoms with Gasteiger partial charge in [-0.05, 0) is 18.2 Å². The monoisotopic (exact) mass is 257 g/mol. The van der Waals surface area contributed by atoms with Gasteiger partial charge in [0.25, 0.3) is 0 Å². The highest BCUT2D eigenvalue weighted by Gasteiger charge is 2.09. The van der Waals surface area contributed by atoms with E-state index in [2.05, 4.69) is 0 Å². The Balaban J connectivity index is 2.17. The van der Waals surface area contributed by atoms with Crippen molar-refractivity contribution in [2.75, 3.05) is 7.11 Å². The fourth-order valence-corrected chi connectivity index (χ4v) is 1.67. The zero-order valence-corrected chi connectivity index (χ0v) is 10.4. The summed E-state index contributed by atoms with van der Waals surface area (Å²) >= 11 is 0. The van der Waals surface area contributed by atoms with E-state index in [1.54, 1.807) is 42.5 Å². The fraction of sp³-hybridized carbons (Fsp3) is 0.133. The molecule has 0 bridgehead atoms. The third-order valence-electron chi connectivity index (χ3n) is 2.65. The molecule has 0 fully saturated rings. The molecule has 0 aliphatic carbocycles. The van der Waals surface area contributed by atoms with Crippen molar-refractivity contribution >= 4 is 0 Å². The van der Waals surface area contributed by atoms with Crippen LogP contribution in [0.15, 0.2) is 42.5 Å². The maximum atomic E-state index is 13.9. The third-order valence-corrected chi connectivity index (χ3v) is 2.65. The lowest BCUT2D eigenvalue weighted by molar-refractivity contribution is 0.295. The standard InChI is InChI=1S/C15H12FNO2/c1-18-14-8-4-6-12(15(14)16)10-19-13-7-3-2-5-11(13)9-17/h2-8H,10H2,1H3. The quantitative estimate of drug-likeness (QED) is 0.844. The van der Waals surface area contributed by atoms with Crippen molar-refractivity contribution in [3.05, 3.63) is 59.4 Å². The second-order valence-electron chi connectivity index (χ2n) is 3.83. The van der Waals surface area contributed by atoms with Crippen LogP contribution in [0.3, 0.4) is 0 Å². The first-order chi connectivity index (χ1) is 9.26. The molecule has 4 heteroatoms. The number of nitrogens with zero attached hydrogens (tertiary/aromatic N) is 1. The zero-order valence-electron chi connectivity index (χ0n) is 10.4. The van der Waals surface area contributed by atoms with E-state index >= 15 is 0 Å². The lowest BCUT2D eigenvalue weighted by Crippen LogP contribution is -2.01. The summed E-state index contributed by atoms with van der Waals surface area (Å²) in [7, 11) is 1.41. The normalized spacial score (nSPS) is 9.74. The van der Waals surface area contributed by atoms with E-state index in [4.69, 9.17) is 14.7 Å². The summed E-state index contributed by atoms with van der Waals surface area (Å²) < 4.78 is 24.3. The highest BCUT2D eigenvalue weighted by atomic mass is 19.1. The van der Waals surface area contributed by atoms with Crippen LogP contribution in [0.1, 0.15) is 11.1 Å². The van der Waals surface area contributed by atoms with Gasteiger partial charge in [-0.2, -0.15) is 5.26 Å². The van der Waals surface area contributed by atoms with Crippen LogP contribution in [0.5, 0.6) is 11.5 Å². The maximum absolute atomic E-state index is 13.9. The highest BCUT2D eigenvalue weighted by Crippen LogP contribution is 2.23. The number of benzene rings is 2. The Morgan fingerprint density at radius 3 is 2.58 bits per heavy atom. The van der Waals surface area contributed by atoms with E-state index in [0.29, 0.717) is 16.9 Å². The molecule has 96 valence electrons. The molecule has 0 amide bonds. The van der Waals surface area contributed by atoms with E-state index in [9.17, 15) is 4.39 Å². The molecule has 0 spiro atoms. The molecule has 2 rings (SSSR count). The Hall–Kier alpha value is -2.54. The average Bonchev–Trinajstić information content (AvgIpc) is 2.46. The van der Waals surface area contributed by atoms with Gasteiger partial charge in [0.15, 0.2) is 11.6 Å². The number of para-hydroxylation sites is 1. The van der Waals surface area contributed by atoms with Crippen molar-refractivity contribution in [2.45, 2.75) is 6.61 Å². The fourth-order valence-electron chi connectivity index (χ4n) is 1.67. The summed E-state index contributed by atoms with van der Waals surface area (Å²) in [6.07, 6.45) is 0. The molecule has 2 aromatic rings. The Bertz CT molecular complexity index is 620. The molecule has 0 aliphatic rings. The molecular formula is C15H12FNO2. The van der Waals surface area contributed by atoms with Gasteiger partial charge in [0, 0.05) is 5.56 Å². The lowest BCUT2D eigenvalue weighted by atomic mass is 10.2. The second kappa shape index (κ2) is 5.87. The molecule has 0 N–H and O–H groups in total. The molecule has 0 aliphatic heterocycles. The molecular weight excluding hydrogens is 245 g/mol. The number of rotatable bonds is 4. The average molecular weight is 257 g/mol. The number of halogens is 1. The van der Waals surface area contributed by atoms with Crippen molar-refractivity contribution in [2.24, 2.45) is 0 Å². The van der Waals surface area contributed by atoms with Crippen molar-refractivity contribution in [3.8, 4) is 17.6 Å². The molecule has 3 nitrogen and oxygen atoms in total. The van der Waals surface area contributed by atoms with Crippen LogP contribution in [0.25, 0.3) is 0 Å². The lowest BCUT2D eigenvalue weighted by Gasteiger charge is -2.10. The summed E-state index contributed by atoms with van der Waals surface area (Å²) in [6, 6.07) is 13.7. The van der Waals surface area contributed by atoms with Gasteiger partial charge in [-0.15, -0.1) is 0 Å². The van der Waals surface area contributed by atoms with Crippen LogP contribution in [0.4, 0.5) is 4.39 Å². The number of ether oxygens (including phenoxy) is 2. The number of hydrogen-bond acceptors (Lipinski definition) is 3. The highest BCUT2D eigenvalue weighted by molar-refractivity contribution is 5.42. The van der Waals surface area contributed by atoms with E-state index < -0.39 is 5.82 Å². The number of nitriles is 1. The van der Waals surface area contributed by atoms with Gasteiger partial charge in [0.05, 0.1) is 12.7 Å². The van der Waals surface area contributed by atoms with E-state index in [0.717, 1.165) is 0 Å². The Morgan fingerprint density at radius 1 is 1.11 bits per heavy atom. The Morgan fingerprint density at radius 2 is 1.84 bits per heavy atom. The topological polar surface area (TPSA) is 42.2 Å². The van der Waals surface area contributed by atoms with E-state index in [-0.39, 0.29) is 12.4 Å². The molecule has 0 saturated heterocycles. The van der Waals surface area contributed by atoms with Crippen molar-refractivity contribution in [1.82, 2.24) is 0 Å². The van der Waals surface area contributed by atoms with Gasteiger partial charge in [0.1, 0.15) is 18.4 Å². The Kier molecular flexibility index (Phi) is 3.99. The van der Waals surface area contributed by atoms with Gasteiger partial charge in [-0.3, -0.25) is 0 Å². The SMILES string of the molecule is COc1cccc(COc2ccccc2C#N)c1F. The molecule has 0 saturated carbocycles. The van der Waals surface area contributed by atoms with Crippen LogP contribution >= 0.6 is 0 Å². The molecule has 0 aromatic heterocycles. The second-order valence-corrected chi connectivity index (χ2v) is 3.83. The summed E-state index contributed by atoms with van der Waals surface area (Å²) in [4.78, 5) is 0. The molecule has 0 heterocycles. The summed E-state index contributed by atoms with van der Waals surface area (Å²) in [5, 5.41) is 8.93. The van der Waals surface area contributed by atoms with Gasteiger partial charge >= 0.3 is 0 Å². The predicted molar refractivity (Wildman–Crippen MR) is 68.4 cm³/mol. The number of methoxy groups -OCH3 is 1. The Labute approximate surface area is 110 Å². The molecule has 0 atom stereocenters. The summed E-state index contributed by atoms with van der Waals surface area (Å²) in [5.74, 6) is 0.168. The van der Waals surface area contributed by atoms with Crippen LogP contribution in [0, 0.1) is 17.1 Å². The third kappa shape index (κ3) is 2.83. The minimum atomic E-state index is -0.445. The molecule has 0 unspecified atom stereocenters. The first-order valence-electron chi connectivity index (χ1n) is 5.69. The van der Waals surface area contributed by atoms with Crippen LogP contribution < -0.4 is 9.47 Å². The minimum absolute atomic E-state index is 0.0434. The van der Waals surface area contributed by atoms with Crippen LogP contribution in [-0.4, -0.2) is 7.11 Å². The van der Waals surface area contributed by atoms with Gasteiger partial charge in [-0.25, -0.2) is 4.39 Å². The van der Waals surface area contributed by atoms with Crippen LogP contribution in [-0.2, 0) is 6.61 Å².